The first-order valence-electron chi connectivity index (χ1n) is 5.80. The third-order valence-corrected chi connectivity index (χ3v) is 3.36. The van der Waals surface area contributed by atoms with Crippen LogP contribution in [0.5, 0.6) is 0 Å². The fourth-order valence-electron chi connectivity index (χ4n) is 1.65. The van der Waals surface area contributed by atoms with E-state index in [2.05, 4.69) is 13.8 Å². The molecule has 0 unspecified atom stereocenters. The number of aromatic nitrogens is 2. The van der Waals surface area contributed by atoms with Gasteiger partial charge >= 0.3 is 5.51 Å². The Morgan fingerprint density at radius 3 is 2.26 bits per heavy atom. The standard InChI is InChI=1S/C13H14F3N2S/c1-10(2)17-7-8-18(9-17)11-3-5-12(6-4-11)19-13(14,15)16/h3-10H,1-2H3/q+1. The van der Waals surface area contributed by atoms with E-state index in [0.717, 1.165) is 5.69 Å². The van der Waals surface area contributed by atoms with E-state index < -0.39 is 5.51 Å². The normalized spacial score (nSPS) is 12.1. The van der Waals surface area contributed by atoms with Gasteiger partial charge in [0.2, 0.25) is 6.33 Å². The highest BCUT2D eigenvalue weighted by molar-refractivity contribution is 8.00. The van der Waals surface area contributed by atoms with Gasteiger partial charge in [0.15, 0.2) is 0 Å². The van der Waals surface area contributed by atoms with Gasteiger partial charge in [-0.15, -0.1) is 0 Å². The minimum atomic E-state index is -4.24. The number of imidazole rings is 1. The highest BCUT2D eigenvalue weighted by Gasteiger charge is 2.29. The summed E-state index contributed by atoms with van der Waals surface area (Å²) in [6.07, 6.45) is 5.73. The fourth-order valence-corrected chi connectivity index (χ4v) is 2.19. The molecule has 2 rings (SSSR count). The van der Waals surface area contributed by atoms with Gasteiger partial charge in [0.25, 0.3) is 0 Å². The minimum absolute atomic E-state index is 0.0997. The summed E-state index contributed by atoms with van der Waals surface area (Å²) in [4.78, 5) is 0.195. The molecule has 0 spiro atoms. The van der Waals surface area contributed by atoms with E-state index in [0.29, 0.717) is 6.04 Å². The third-order valence-electron chi connectivity index (χ3n) is 2.62. The van der Waals surface area contributed by atoms with Crippen LogP contribution in [-0.4, -0.2) is 10.1 Å². The van der Waals surface area contributed by atoms with Crippen LogP contribution in [0.15, 0.2) is 47.9 Å². The van der Waals surface area contributed by atoms with E-state index in [-0.39, 0.29) is 16.7 Å². The van der Waals surface area contributed by atoms with Crippen LogP contribution in [0.2, 0.25) is 0 Å². The van der Waals surface area contributed by atoms with E-state index in [1.54, 1.807) is 12.1 Å². The predicted octanol–water partition coefficient (Wildman–Crippen LogP) is 3.96. The minimum Gasteiger partial charge on any atom is -0.234 e. The molecule has 0 aliphatic carbocycles. The second-order valence-corrected chi connectivity index (χ2v) is 5.54. The number of halogens is 3. The lowest BCUT2D eigenvalue weighted by atomic mass is 10.3. The lowest BCUT2D eigenvalue weighted by Gasteiger charge is -2.05. The Morgan fingerprint density at radius 2 is 1.79 bits per heavy atom. The number of nitrogens with zero attached hydrogens (tertiary/aromatic N) is 2. The van der Waals surface area contributed by atoms with E-state index in [1.165, 1.54) is 12.1 Å². The largest absolute Gasteiger partial charge is 0.446 e. The number of rotatable bonds is 3. The van der Waals surface area contributed by atoms with Gasteiger partial charge in [-0.2, -0.15) is 13.2 Å². The quantitative estimate of drug-likeness (QED) is 0.613. The van der Waals surface area contributed by atoms with Gasteiger partial charge in [-0.3, -0.25) is 0 Å². The molecule has 0 atom stereocenters. The molecular formula is C13H14F3N2S+. The molecule has 0 N–H and O–H groups in total. The SMILES string of the molecule is CC(C)[n+]1ccn(-c2ccc(SC(F)(F)F)cc2)c1. The second kappa shape index (κ2) is 5.28. The van der Waals surface area contributed by atoms with E-state index >= 15 is 0 Å². The molecule has 0 saturated heterocycles. The lowest BCUT2D eigenvalue weighted by molar-refractivity contribution is -0.715. The Hall–Kier alpha value is -1.43. The summed E-state index contributed by atoms with van der Waals surface area (Å²) < 4.78 is 40.5. The van der Waals surface area contributed by atoms with Crippen molar-refractivity contribution in [2.45, 2.75) is 30.3 Å². The molecular weight excluding hydrogens is 273 g/mol. The molecule has 1 aromatic heterocycles. The van der Waals surface area contributed by atoms with Crippen LogP contribution in [0.3, 0.4) is 0 Å². The highest BCUT2D eigenvalue weighted by Crippen LogP contribution is 2.36. The molecule has 19 heavy (non-hydrogen) atoms. The van der Waals surface area contributed by atoms with E-state index in [4.69, 9.17) is 0 Å². The van der Waals surface area contributed by atoms with Crippen molar-refractivity contribution in [2.24, 2.45) is 0 Å². The van der Waals surface area contributed by atoms with Crippen LogP contribution in [0.1, 0.15) is 19.9 Å². The third kappa shape index (κ3) is 3.76. The van der Waals surface area contributed by atoms with Crippen LogP contribution >= 0.6 is 11.8 Å². The van der Waals surface area contributed by atoms with Crippen molar-refractivity contribution < 1.29 is 17.7 Å². The molecule has 0 amide bonds. The Morgan fingerprint density at radius 1 is 1.16 bits per heavy atom. The van der Waals surface area contributed by atoms with Crippen LogP contribution in [-0.2, 0) is 0 Å². The molecule has 6 heteroatoms. The summed E-state index contributed by atoms with van der Waals surface area (Å²) in [5.74, 6) is 0. The first-order valence-corrected chi connectivity index (χ1v) is 6.62. The molecule has 2 aromatic rings. The molecule has 0 radical (unpaired) electrons. The molecule has 0 aliphatic rings. The Balaban J connectivity index is 2.17. The average molecular weight is 287 g/mol. The first kappa shape index (κ1) is 14.0. The van der Waals surface area contributed by atoms with Gasteiger partial charge in [0.1, 0.15) is 18.1 Å². The summed E-state index contributed by atoms with van der Waals surface area (Å²) in [5, 5.41) is 0. The summed E-state index contributed by atoms with van der Waals surface area (Å²) in [6, 6.07) is 6.67. The van der Waals surface area contributed by atoms with E-state index in [9.17, 15) is 13.2 Å². The average Bonchev–Trinajstić information content (AvgIpc) is 2.77. The van der Waals surface area contributed by atoms with Crippen molar-refractivity contribution in [3.05, 3.63) is 43.0 Å². The lowest BCUT2D eigenvalue weighted by Crippen LogP contribution is -2.33. The molecule has 0 saturated carbocycles. The summed E-state index contributed by atoms with van der Waals surface area (Å²) in [7, 11) is 0. The molecule has 1 heterocycles. The summed E-state index contributed by atoms with van der Waals surface area (Å²) >= 11 is -0.0997. The van der Waals surface area contributed by atoms with Gasteiger partial charge in [-0.05, 0) is 49.9 Å². The van der Waals surface area contributed by atoms with Crippen LogP contribution in [0, 0.1) is 0 Å². The Kier molecular flexibility index (Phi) is 3.89. The first-order chi connectivity index (χ1) is 8.85. The molecule has 0 aliphatic heterocycles. The Labute approximate surface area is 113 Å². The number of thioether (sulfide) groups is 1. The number of benzene rings is 1. The fraction of sp³-hybridized carbons (Fsp3) is 0.308. The van der Waals surface area contributed by atoms with E-state index in [1.807, 2.05) is 27.9 Å². The Bertz CT molecular complexity index is 544. The molecule has 0 fully saturated rings. The van der Waals surface area contributed by atoms with Gasteiger partial charge in [0.05, 0.1) is 6.04 Å². The predicted molar refractivity (Wildman–Crippen MR) is 68.3 cm³/mol. The molecule has 102 valence electrons. The van der Waals surface area contributed by atoms with Crippen molar-refractivity contribution >= 4 is 11.8 Å². The zero-order chi connectivity index (χ0) is 14.0. The van der Waals surface area contributed by atoms with Gasteiger partial charge in [0, 0.05) is 4.90 Å². The summed E-state index contributed by atoms with van der Waals surface area (Å²) in [5.41, 5.74) is -3.40. The number of hydrogen-bond donors (Lipinski definition) is 0. The van der Waals surface area contributed by atoms with Crippen LogP contribution in [0.25, 0.3) is 5.69 Å². The maximum Gasteiger partial charge on any atom is 0.446 e. The highest BCUT2D eigenvalue weighted by atomic mass is 32.2. The monoisotopic (exact) mass is 287 g/mol. The zero-order valence-electron chi connectivity index (χ0n) is 10.6. The van der Waals surface area contributed by atoms with Crippen molar-refractivity contribution in [1.29, 1.82) is 0 Å². The molecule has 2 nitrogen and oxygen atoms in total. The van der Waals surface area contributed by atoms with Gasteiger partial charge in [-0.25, -0.2) is 9.13 Å². The summed E-state index contributed by atoms with van der Waals surface area (Å²) in [6.45, 7) is 4.13. The van der Waals surface area contributed by atoms with Crippen molar-refractivity contribution in [2.75, 3.05) is 0 Å². The maximum atomic E-state index is 12.2. The zero-order valence-corrected chi connectivity index (χ0v) is 11.4. The second-order valence-electron chi connectivity index (χ2n) is 4.40. The topological polar surface area (TPSA) is 8.81 Å². The molecule has 1 aromatic carbocycles. The van der Waals surface area contributed by atoms with Gasteiger partial charge in [-0.1, -0.05) is 0 Å². The smallest absolute Gasteiger partial charge is 0.234 e. The van der Waals surface area contributed by atoms with Crippen molar-refractivity contribution in [3.8, 4) is 5.69 Å². The van der Waals surface area contributed by atoms with Crippen LogP contribution < -0.4 is 4.57 Å². The number of alkyl halides is 3. The van der Waals surface area contributed by atoms with Crippen LogP contribution in [0.4, 0.5) is 13.2 Å². The maximum absolute atomic E-state index is 12.2. The van der Waals surface area contributed by atoms with Crippen molar-refractivity contribution in [3.63, 3.8) is 0 Å². The number of hydrogen-bond acceptors (Lipinski definition) is 1. The van der Waals surface area contributed by atoms with Gasteiger partial charge < -0.3 is 0 Å². The van der Waals surface area contributed by atoms with Crippen molar-refractivity contribution in [1.82, 2.24) is 4.57 Å². The molecule has 0 bridgehead atoms.